The van der Waals surface area contributed by atoms with Crippen LogP contribution in [0.2, 0.25) is 0 Å². The van der Waals surface area contributed by atoms with E-state index in [4.69, 9.17) is 4.74 Å². The summed E-state index contributed by atoms with van der Waals surface area (Å²) in [6, 6.07) is 17.5. The van der Waals surface area contributed by atoms with E-state index in [1.165, 1.54) is 5.39 Å². The van der Waals surface area contributed by atoms with Crippen molar-refractivity contribution < 1.29 is 9.53 Å². The van der Waals surface area contributed by atoms with Gasteiger partial charge in [0.25, 0.3) is 5.91 Å². The molecule has 1 N–H and O–H groups in total. The van der Waals surface area contributed by atoms with E-state index < -0.39 is 0 Å². The number of nitrogens with one attached hydrogen (secondary N) is 1. The number of rotatable bonds is 5. The highest BCUT2D eigenvalue weighted by atomic mass is 16.5. The fourth-order valence-corrected chi connectivity index (χ4v) is 2.19. The first kappa shape index (κ1) is 14.1. The molecule has 0 aliphatic carbocycles. The maximum absolute atomic E-state index is 11.8. The minimum atomic E-state index is -0.143. The summed E-state index contributed by atoms with van der Waals surface area (Å²) in [4.78, 5) is 15.7. The van der Waals surface area contributed by atoms with Crippen LogP contribution in [0.3, 0.4) is 0 Å². The minimum Gasteiger partial charge on any atom is -0.492 e. The van der Waals surface area contributed by atoms with Crippen molar-refractivity contribution in [3.63, 3.8) is 0 Å². The number of benzene rings is 2. The third-order valence-electron chi connectivity index (χ3n) is 3.30. The number of ether oxygens (including phenoxy) is 1. The first-order chi connectivity index (χ1) is 10.8. The molecule has 22 heavy (non-hydrogen) atoms. The first-order valence-corrected chi connectivity index (χ1v) is 7.13. The number of carbonyl (C=O) groups is 1. The fraction of sp³-hybridized carbons (Fsp3) is 0.111. The molecule has 0 bridgehead atoms. The maximum Gasteiger partial charge on any atom is 0.252 e. The normalized spacial score (nSPS) is 10.4. The molecule has 0 spiro atoms. The number of hydrogen-bond acceptors (Lipinski definition) is 3. The highest BCUT2D eigenvalue weighted by Crippen LogP contribution is 2.20. The molecular formula is C18H16N2O2. The van der Waals surface area contributed by atoms with E-state index in [1.54, 1.807) is 24.5 Å². The molecule has 4 heteroatoms. The van der Waals surface area contributed by atoms with Crippen molar-refractivity contribution in [2.45, 2.75) is 0 Å². The van der Waals surface area contributed by atoms with Gasteiger partial charge in [0.2, 0.25) is 0 Å². The third kappa shape index (κ3) is 3.41. The summed E-state index contributed by atoms with van der Waals surface area (Å²) in [6.45, 7) is 0.866. The zero-order chi connectivity index (χ0) is 15.2. The minimum absolute atomic E-state index is 0.143. The summed E-state index contributed by atoms with van der Waals surface area (Å²) in [5.41, 5.74) is 0.549. The zero-order valence-electron chi connectivity index (χ0n) is 12.0. The van der Waals surface area contributed by atoms with Crippen molar-refractivity contribution in [2.24, 2.45) is 0 Å². The number of hydrogen-bond donors (Lipinski definition) is 1. The first-order valence-electron chi connectivity index (χ1n) is 7.13. The van der Waals surface area contributed by atoms with Gasteiger partial charge < -0.3 is 10.1 Å². The Labute approximate surface area is 128 Å². The number of pyridine rings is 1. The second kappa shape index (κ2) is 6.72. The second-order valence-electron chi connectivity index (χ2n) is 4.86. The van der Waals surface area contributed by atoms with Crippen molar-refractivity contribution >= 4 is 16.7 Å². The van der Waals surface area contributed by atoms with Gasteiger partial charge in [0, 0.05) is 12.4 Å². The molecule has 0 unspecified atom stereocenters. The molecule has 0 saturated carbocycles. The van der Waals surface area contributed by atoms with E-state index in [9.17, 15) is 4.79 Å². The number of carbonyl (C=O) groups excluding carboxylic acids is 1. The predicted molar refractivity (Wildman–Crippen MR) is 86.0 cm³/mol. The summed E-state index contributed by atoms with van der Waals surface area (Å²) in [5.74, 6) is 0.657. The lowest BCUT2D eigenvalue weighted by Crippen LogP contribution is -2.28. The van der Waals surface area contributed by atoms with Crippen LogP contribution in [-0.4, -0.2) is 24.0 Å². The van der Waals surface area contributed by atoms with Gasteiger partial charge in [-0.2, -0.15) is 0 Å². The van der Waals surface area contributed by atoms with Gasteiger partial charge in [-0.1, -0.05) is 30.3 Å². The van der Waals surface area contributed by atoms with Crippen molar-refractivity contribution in [2.75, 3.05) is 13.2 Å². The quantitative estimate of drug-likeness (QED) is 0.735. The van der Waals surface area contributed by atoms with Gasteiger partial charge in [-0.25, -0.2) is 0 Å². The van der Waals surface area contributed by atoms with Gasteiger partial charge in [-0.3, -0.25) is 9.78 Å². The van der Waals surface area contributed by atoms with Crippen LogP contribution in [0.25, 0.3) is 10.8 Å². The summed E-state index contributed by atoms with van der Waals surface area (Å²) >= 11 is 0. The van der Waals surface area contributed by atoms with Crippen LogP contribution in [0.1, 0.15) is 10.4 Å². The van der Waals surface area contributed by atoms with Crippen LogP contribution < -0.4 is 10.1 Å². The average molecular weight is 292 g/mol. The fourth-order valence-electron chi connectivity index (χ4n) is 2.19. The predicted octanol–water partition coefficient (Wildman–Crippen LogP) is 3.04. The van der Waals surface area contributed by atoms with Gasteiger partial charge in [0.1, 0.15) is 12.4 Å². The Balaban J connectivity index is 1.51. The Morgan fingerprint density at radius 3 is 2.73 bits per heavy atom. The Morgan fingerprint density at radius 2 is 1.91 bits per heavy atom. The monoisotopic (exact) mass is 292 g/mol. The molecule has 3 aromatic rings. The lowest BCUT2D eigenvalue weighted by Gasteiger charge is -2.08. The molecule has 1 aromatic heterocycles. The molecular weight excluding hydrogens is 276 g/mol. The van der Waals surface area contributed by atoms with E-state index in [-0.39, 0.29) is 5.91 Å². The molecule has 0 saturated heterocycles. The van der Waals surface area contributed by atoms with E-state index in [0.29, 0.717) is 18.7 Å². The van der Waals surface area contributed by atoms with Gasteiger partial charge in [-0.15, -0.1) is 0 Å². The van der Waals surface area contributed by atoms with E-state index in [2.05, 4.69) is 16.4 Å². The molecule has 0 radical (unpaired) electrons. The van der Waals surface area contributed by atoms with Gasteiger partial charge in [0.05, 0.1) is 12.1 Å². The molecule has 2 aromatic carbocycles. The largest absolute Gasteiger partial charge is 0.492 e. The highest BCUT2D eigenvalue weighted by Gasteiger charge is 2.04. The number of aromatic nitrogens is 1. The van der Waals surface area contributed by atoms with Crippen molar-refractivity contribution in [3.05, 3.63) is 72.6 Å². The number of nitrogens with zero attached hydrogens (tertiary/aromatic N) is 1. The number of amides is 1. The Bertz CT molecular complexity index is 772. The smallest absolute Gasteiger partial charge is 0.252 e. The van der Waals surface area contributed by atoms with Crippen LogP contribution in [0, 0.1) is 0 Å². The van der Waals surface area contributed by atoms with Crippen LogP contribution in [0.4, 0.5) is 0 Å². The summed E-state index contributed by atoms with van der Waals surface area (Å²) < 4.78 is 5.67. The third-order valence-corrected chi connectivity index (χ3v) is 3.30. The van der Waals surface area contributed by atoms with Crippen LogP contribution in [0.15, 0.2) is 67.0 Å². The Kier molecular flexibility index (Phi) is 4.30. The summed E-state index contributed by atoms with van der Waals surface area (Å²) in [5, 5.41) is 5.12. The van der Waals surface area contributed by atoms with E-state index >= 15 is 0 Å². The molecule has 4 nitrogen and oxygen atoms in total. The van der Waals surface area contributed by atoms with Crippen LogP contribution in [0.5, 0.6) is 5.75 Å². The van der Waals surface area contributed by atoms with Gasteiger partial charge >= 0.3 is 0 Å². The van der Waals surface area contributed by atoms with E-state index in [0.717, 1.165) is 11.1 Å². The molecule has 1 amide bonds. The van der Waals surface area contributed by atoms with E-state index in [1.807, 2.05) is 36.4 Å². The maximum atomic E-state index is 11.8. The van der Waals surface area contributed by atoms with Crippen molar-refractivity contribution in [1.29, 1.82) is 0 Å². The SMILES string of the molecule is O=C(NCCOc1ccc2ccccc2c1)c1cccnc1. The van der Waals surface area contributed by atoms with Crippen LogP contribution >= 0.6 is 0 Å². The molecule has 0 atom stereocenters. The van der Waals surface area contributed by atoms with Crippen molar-refractivity contribution in [1.82, 2.24) is 10.3 Å². The molecule has 3 rings (SSSR count). The van der Waals surface area contributed by atoms with Crippen molar-refractivity contribution in [3.8, 4) is 5.75 Å². The standard InChI is InChI=1S/C18H16N2O2/c21-18(16-6-3-9-19-13-16)20-10-11-22-17-8-7-14-4-1-2-5-15(14)12-17/h1-9,12-13H,10-11H2,(H,20,21). The lowest BCUT2D eigenvalue weighted by atomic mass is 10.1. The molecule has 0 aliphatic heterocycles. The second-order valence-corrected chi connectivity index (χ2v) is 4.86. The zero-order valence-corrected chi connectivity index (χ0v) is 12.0. The Morgan fingerprint density at radius 1 is 1.05 bits per heavy atom. The lowest BCUT2D eigenvalue weighted by molar-refractivity contribution is 0.0946. The topological polar surface area (TPSA) is 51.2 Å². The molecule has 0 aliphatic rings. The van der Waals surface area contributed by atoms with Gasteiger partial charge in [-0.05, 0) is 35.0 Å². The summed E-state index contributed by atoms with van der Waals surface area (Å²) in [7, 11) is 0. The Hall–Kier alpha value is -2.88. The molecule has 1 heterocycles. The van der Waals surface area contributed by atoms with Crippen LogP contribution in [-0.2, 0) is 0 Å². The molecule has 0 fully saturated rings. The number of fused-ring (bicyclic) bond motifs is 1. The highest BCUT2D eigenvalue weighted by molar-refractivity contribution is 5.93. The van der Waals surface area contributed by atoms with Gasteiger partial charge in [0.15, 0.2) is 0 Å². The summed E-state index contributed by atoms with van der Waals surface area (Å²) in [6.07, 6.45) is 3.18. The molecule has 110 valence electrons. The average Bonchev–Trinajstić information content (AvgIpc) is 2.59.